The minimum absolute atomic E-state index is 0.329. The minimum atomic E-state index is -0.820. The maximum Gasteiger partial charge on any atom is 0.320 e. The van der Waals surface area contributed by atoms with Gasteiger partial charge in [-0.05, 0) is 44.1 Å². The molecule has 0 aromatic heterocycles. The first-order valence-electron chi connectivity index (χ1n) is 5.51. The van der Waals surface area contributed by atoms with Gasteiger partial charge in [0.1, 0.15) is 10.6 Å². The molecule has 0 unspecified atom stereocenters. The van der Waals surface area contributed by atoms with Crippen LogP contribution in [0.3, 0.4) is 0 Å². The summed E-state index contributed by atoms with van der Waals surface area (Å²) < 4.78 is 12.3. The third-order valence-corrected chi connectivity index (χ3v) is 4.37. The summed E-state index contributed by atoms with van der Waals surface area (Å²) in [5, 5.41) is 12.5. The Morgan fingerprint density at radius 3 is 2.71 bits per heavy atom. The summed E-state index contributed by atoms with van der Waals surface area (Å²) in [7, 11) is 0. The van der Waals surface area contributed by atoms with Gasteiger partial charge in [-0.1, -0.05) is 6.07 Å². The normalized spacial score (nSPS) is 18.9. The fourth-order valence-electron chi connectivity index (χ4n) is 1.95. The molecular formula is C12H14FNO2S. The molecule has 0 atom stereocenters. The minimum Gasteiger partial charge on any atom is -0.480 e. The SMILES string of the molecule is O=C(O)C1(Sc2cccc(F)c2)CCNCC1. The number of thioether (sulfide) groups is 1. The molecule has 0 bridgehead atoms. The van der Waals surface area contributed by atoms with Crippen LogP contribution in [0.5, 0.6) is 0 Å². The number of halogens is 1. The summed E-state index contributed by atoms with van der Waals surface area (Å²) in [6.07, 6.45) is 1.12. The van der Waals surface area contributed by atoms with Crippen LogP contribution in [0, 0.1) is 5.82 Å². The van der Waals surface area contributed by atoms with Gasteiger partial charge in [0.2, 0.25) is 0 Å². The van der Waals surface area contributed by atoms with E-state index in [1.807, 2.05) is 0 Å². The number of hydrogen-bond donors (Lipinski definition) is 2. The van der Waals surface area contributed by atoms with E-state index in [1.165, 1.54) is 23.9 Å². The lowest BCUT2D eigenvalue weighted by Crippen LogP contribution is -2.45. The molecule has 1 heterocycles. The number of rotatable bonds is 3. The maximum atomic E-state index is 13.1. The lowest BCUT2D eigenvalue weighted by molar-refractivity contribution is -0.140. The van der Waals surface area contributed by atoms with E-state index in [-0.39, 0.29) is 5.82 Å². The van der Waals surface area contributed by atoms with E-state index in [2.05, 4.69) is 5.32 Å². The van der Waals surface area contributed by atoms with Crippen molar-refractivity contribution < 1.29 is 14.3 Å². The largest absolute Gasteiger partial charge is 0.480 e. The van der Waals surface area contributed by atoms with E-state index in [9.17, 15) is 14.3 Å². The van der Waals surface area contributed by atoms with Crippen LogP contribution in [-0.4, -0.2) is 28.9 Å². The number of nitrogens with one attached hydrogen (secondary N) is 1. The van der Waals surface area contributed by atoms with E-state index in [4.69, 9.17) is 0 Å². The molecule has 0 aliphatic carbocycles. The number of piperidine rings is 1. The predicted octanol–water partition coefficient (Wildman–Crippen LogP) is 2.12. The second-order valence-electron chi connectivity index (χ2n) is 4.11. The highest BCUT2D eigenvalue weighted by atomic mass is 32.2. The van der Waals surface area contributed by atoms with Gasteiger partial charge < -0.3 is 10.4 Å². The van der Waals surface area contributed by atoms with Crippen LogP contribution in [0.15, 0.2) is 29.2 Å². The molecule has 1 aliphatic heterocycles. The van der Waals surface area contributed by atoms with Crippen LogP contribution in [0.1, 0.15) is 12.8 Å². The van der Waals surface area contributed by atoms with Crippen LogP contribution >= 0.6 is 11.8 Å². The first-order valence-corrected chi connectivity index (χ1v) is 6.33. The van der Waals surface area contributed by atoms with Crippen LogP contribution < -0.4 is 5.32 Å². The van der Waals surface area contributed by atoms with Crippen molar-refractivity contribution in [2.45, 2.75) is 22.5 Å². The predicted molar refractivity (Wildman–Crippen MR) is 64.7 cm³/mol. The molecule has 1 aliphatic rings. The average molecular weight is 255 g/mol. The van der Waals surface area contributed by atoms with Gasteiger partial charge in [0, 0.05) is 4.90 Å². The van der Waals surface area contributed by atoms with Gasteiger partial charge in [-0.15, -0.1) is 11.8 Å². The smallest absolute Gasteiger partial charge is 0.320 e. The van der Waals surface area contributed by atoms with E-state index in [0.29, 0.717) is 30.8 Å². The molecule has 1 aromatic carbocycles. The molecule has 2 rings (SSSR count). The molecule has 3 nitrogen and oxygen atoms in total. The number of benzene rings is 1. The Labute approximate surface area is 103 Å². The number of carboxylic acids is 1. The zero-order valence-corrected chi connectivity index (χ0v) is 10.1. The Hall–Kier alpha value is -1.07. The molecule has 2 N–H and O–H groups in total. The molecule has 0 spiro atoms. The van der Waals surface area contributed by atoms with E-state index in [1.54, 1.807) is 12.1 Å². The fraction of sp³-hybridized carbons (Fsp3) is 0.417. The lowest BCUT2D eigenvalue weighted by Gasteiger charge is -2.32. The number of hydrogen-bond acceptors (Lipinski definition) is 3. The topological polar surface area (TPSA) is 49.3 Å². The number of carbonyl (C=O) groups is 1. The summed E-state index contributed by atoms with van der Waals surface area (Å²) >= 11 is 1.25. The summed E-state index contributed by atoms with van der Waals surface area (Å²) in [4.78, 5) is 12.1. The van der Waals surface area contributed by atoms with Gasteiger partial charge in [0.05, 0.1) is 0 Å². The zero-order valence-electron chi connectivity index (χ0n) is 9.28. The van der Waals surface area contributed by atoms with Crippen LogP contribution in [0.4, 0.5) is 4.39 Å². The highest BCUT2D eigenvalue weighted by Gasteiger charge is 2.40. The van der Waals surface area contributed by atoms with Crippen molar-refractivity contribution in [3.05, 3.63) is 30.1 Å². The van der Waals surface area contributed by atoms with Crippen molar-refractivity contribution in [2.75, 3.05) is 13.1 Å². The quantitative estimate of drug-likeness (QED) is 0.868. The molecule has 0 saturated carbocycles. The van der Waals surface area contributed by atoms with Gasteiger partial charge in [-0.2, -0.15) is 0 Å². The van der Waals surface area contributed by atoms with Crippen LogP contribution in [0.2, 0.25) is 0 Å². The van der Waals surface area contributed by atoms with Gasteiger partial charge in [-0.3, -0.25) is 4.79 Å². The second kappa shape index (κ2) is 5.06. The molecule has 1 fully saturated rings. The molecule has 92 valence electrons. The average Bonchev–Trinajstić information content (AvgIpc) is 2.30. The summed E-state index contributed by atoms with van der Waals surface area (Å²) in [5.74, 6) is -1.14. The highest BCUT2D eigenvalue weighted by molar-refractivity contribution is 8.01. The number of aliphatic carboxylic acids is 1. The van der Waals surface area contributed by atoms with Crippen molar-refractivity contribution in [2.24, 2.45) is 0 Å². The Morgan fingerprint density at radius 2 is 2.12 bits per heavy atom. The Bertz CT molecular complexity index is 419. The lowest BCUT2D eigenvalue weighted by atomic mass is 9.97. The Kier molecular flexibility index (Phi) is 3.69. The van der Waals surface area contributed by atoms with Crippen LogP contribution in [-0.2, 0) is 4.79 Å². The van der Waals surface area contributed by atoms with Crippen molar-refractivity contribution in [3.63, 3.8) is 0 Å². The second-order valence-corrected chi connectivity index (χ2v) is 5.57. The zero-order chi connectivity index (χ0) is 12.3. The fourth-order valence-corrected chi connectivity index (χ4v) is 3.21. The van der Waals surface area contributed by atoms with Crippen molar-refractivity contribution in [3.8, 4) is 0 Å². The standard InChI is InChI=1S/C12H14FNO2S/c13-9-2-1-3-10(8-9)17-12(11(15)16)4-6-14-7-5-12/h1-3,8,14H,4-7H2,(H,15,16). The van der Waals surface area contributed by atoms with Gasteiger partial charge in [0.25, 0.3) is 0 Å². The highest BCUT2D eigenvalue weighted by Crippen LogP contribution is 2.39. The first-order chi connectivity index (χ1) is 8.12. The van der Waals surface area contributed by atoms with Gasteiger partial charge >= 0.3 is 5.97 Å². The molecular weight excluding hydrogens is 241 g/mol. The third-order valence-electron chi connectivity index (χ3n) is 2.91. The monoisotopic (exact) mass is 255 g/mol. The molecule has 5 heteroatoms. The van der Waals surface area contributed by atoms with Crippen molar-refractivity contribution in [1.82, 2.24) is 5.32 Å². The summed E-state index contributed by atoms with van der Waals surface area (Å²) in [6.45, 7) is 1.38. The summed E-state index contributed by atoms with van der Waals surface area (Å²) in [6, 6.07) is 6.10. The number of carboxylic acid groups (broad SMARTS) is 1. The summed E-state index contributed by atoms with van der Waals surface area (Å²) in [5.41, 5.74) is 0. The molecule has 17 heavy (non-hydrogen) atoms. The maximum absolute atomic E-state index is 13.1. The third kappa shape index (κ3) is 2.79. The van der Waals surface area contributed by atoms with Crippen molar-refractivity contribution >= 4 is 17.7 Å². The molecule has 1 aromatic rings. The van der Waals surface area contributed by atoms with Gasteiger partial charge in [-0.25, -0.2) is 4.39 Å². The van der Waals surface area contributed by atoms with E-state index in [0.717, 1.165) is 0 Å². The van der Waals surface area contributed by atoms with E-state index < -0.39 is 10.7 Å². The molecule has 0 radical (unpaired) electrons. The molecule has 1 saturated heterocycles. The van der Waals surface area contributed by atoms with E-state index >= 15 is 0 Å². The Morgan fingerprint density at radius 1 is 1.41 bits per heavy atom. The van der Waals surface area contributed by atoms with Crippen molar-refractivity contribution in [1.29, 1.82) is 0 Å². The molecule has 0 amide bonds. The Balaban J connectivity index is 2.20. The van der Waals surface area contributed by atoms with Crippen LogP contribution in [0.25, 0.3) is 0 Å². The first kappa shape index (κ1) is 12.4. The van der Waals surface area contributed by atoms with Gasteiger partial charge in [0.15, 0.2) is 0 Å².